The van der Waals surface area contributed by atoms with Crippen molar-refractivity contribution in [3.63, 3.8) is 0 Å². The van der Waals surface area contributed by atoms with Gasteiger partial charge in [-0.3, -0.25) is 14.5 Å². The van der Waals surface area contributed by atoms with Crippen LogP contribution in [0, 0.1) is 0 Å². The number of para-hydroxylation sites is 1. The lowest BCUT2D eigenvalue weighted by atomic mass is 10.0. The van der Waals surface area contributed by atoms with E-state index in [9.17, 15) is 9.59 Å². The predicted octanol–water partition coefficient (Wildman–Crippen LogP) is 1.57. The number of carbonyl (C=O) groups excluding carboxylic acids is 1. The van der Waals surface area contributed by atoms with Crippen molar-refractivity contribution < 1.29 is 4.79 Å². The van der Waals surface area contributed by atoms with Crippen LogP contribution in [0.15, 0.2) is 59.5 Å². The minimum absolute atomic E-state index is 0.0596. The van der Waals surface area contributed by atoms with E-state index in [0.717, 1.165) is 37.4 Å². The van der Waals surface area contributed by atoms with Crippen molar-refractivity contribution in [1.82, 2.24) is 19.8 Å². The number of aromatic amines is 1. The van der Waals surface area contributed by atoms with E-state index in [0.29, 0.717) is 30.2 Å². The van der Waals surface area contributed by atoms with Crippen LogP contribution in [-0.4, -0.2) is 71.0 Å². The fourth-order valence-electron chi connectivity index (χ4n) is 4.26. The molecule has 4 heterocycles. The summed E-state index contributed by atoms with van der Waals surface area (Å²) in [5.74, 6) is 0.967. The van der Waals surface area contributed by atoms with Crippen molar-refractivity contribution in [2.75, 3.05) is 44.2 Å². The van der Waals surface area contributed by atoms with Gasteiger partial charge in [0, 0.05) is 68.5 Å². The van der Waals surface area contributed by atoms with Crippen LogP contribution >= 0.6 is 0 Å². The molecule has 2 saturated heterocycles. The number of rotatable bonds is 3. The molecule has 2 fully saturated rings. The Bertz CT molecular complexity index is 1080. The second-order valence-electron chi connectivity index (χ2n) is 7.67. The Morgan fingerprint density at radius 1 is 1.00 bits per heavy atom. The maximum absolute atomic E-state index is 13.0. The average molecular weight is 389 g/mol. The zero-order chi connectivity index (χ0) is 19.8. The summed E-state index contributed by atoms with van der Waals surface area (Å²) in [5, 5.41) is 0.796. The molecule has 2 aliphatic rings. The maximum atomic E-state index is 13.0. The molecule has 3 aromatic rings. The number of likely N-dealkylation sites (tertiary alicyclic amines) is 1. The Hall–Kier alpha value is -3.19. The summed E-state index contributed by atoms with van der Waals surface area (Å²) >= 11 is 0. The van der Waals surface area contributed by atoms with E-state index in [1.165, 1.54) is 6.07 Å². The molecule has 29 heavy (non-hydrogen) atoms. The summed E-state index contributed by atoms with van der Waals surface area (Å²) < 4.78 is 0. The molecule has 0 spiro atoms. The van der Waals surface area contributed by atoms with Crippen LogP contribution in [0.4, 0.5) is 5.82 Å². The summed E-state index contributed by atoms with van der Waals surface area (Å²) in [6.45, 7) is 5.25. The topological polar surface area (TPSA) is 72.5 Å². The van der Waals surface area contributed by atoms with Gasteiger partial charge in [-0.25, -0.2) is 4.98 Å². The van der Waals surface area contributed by atoms with Crippen LogP contribution in [0.5, 0.6) is 0 Å². The third-order valence-corrected chi connectivity index (χ3v) is 5.93. The first kappa shape index (κ1) is 17.9. The molecule has 7 nitrogen and oxygen atoms in total. The number of fused-ring (bicyclic) bond motifs is 1. The van der Waals surface area contributed by atoms with Crippen LogP contribution in [0.1, 0.15) is 10.4 Å². The lowest BCUT2D eigenvalue weighted by Crippen LogP contribution is -2.64. The Labute approximate surface area is 168 Å². The molecule has 0 atom stereocenters. The van der Waals surface area contributed by atoms with Gasteiger partial charge in [-0.2, -0.15) is 0 Å². The summed E-state index contributed by atoms with van der Waals surface area (Å²) in [6.07, 6.45) is 1.83. The van der Waals surface area contributed by atoms with Gasteiger partial charge in [0.1, 0.15) is 5.82 Å². The van der Waals surface area contributed by atoms with E-state index in [1.54, 1.807) is 0 Å². The van der Waals surface area contributed by atoms with Gasteiger partial charge < -0.3 is 14.8 Å². The number of hydrogen-bond donors (Lipinski definition) is 1. The Morgan fingerprint density at radius 2 is 1.76 bits per heavy atom. The van der Waals surface area contributed by atoms with Crippen LogP contribution in [0.25, 0.3) is 10.9 Å². The Kier molecular flexibility index (Phi) is 4.52. The summed E-state index contributed by atoms with van der Waals surface area (Å²) in [6, 6.07) is 15.3. The number of nitrogens with zero attached hydrogens (tertiary/aromatic N) is 4. The zero-order valence-corrected chi connectivity index (χ0v) is 16.1. The predicted molar refractivity (Wildman–Crippen MR) is 112 cm³/mol. The molecular weight excluding hydrogens is 366 g/mol. The highest BCUT2D eigenvalue weighted by molar-refractivity contribution is 6.06. The van der Waals surface area contributed by atoms with E-state index < -0.39 is 0 Å². The van der Waals surface area contributed by atoms with Crippen molar-refractivity contribution in [2.24, 2.45) is 0 Å². The number of pyridine rings is 2. The molecule has 2 aromatic heterocycles. The van der Waals surface area contributed by atoms with Crippen molar-refractivity contribution in [3.8, 4) is 0 Å². The SMILES string of the molecule is O=C(c1cc(=O)[nH]c2ccccc12)N1CC(N2CCN(c3ccccn3)CC2)C1. The summed E-state index contributed by atoms with van der Waals surface area (Å²) in [4.78, 5) is 38.8. The number of amides is 1. The van der Waals surface area contributed by atoms with Gasteiger partial charge in [0.25, 0.3) is 5.91 Å². The van der Waals surface area contributed by atoms with Crippen LogP contribution in [0.2, 0.25) is 0 Å². The lowest BCUT2D eigenvalue weighted by molar-refractivity contribution is 0.0248. The molecule has 0 radical (unpaired) electrons. The number of hydrogen-bond acceptors (Lipinski definition) is 5. The fraction of sp³-hybridized carbons (Fsp3) is 0.318. The average Bonchev–Trinajstić information content (AvgIpc) is 2.73. The quantitative estimate of drug-likeness (QED) is 0.736. The van der Waals surface area contributed by atoms with Crippen LogP contribution < -0.4 is 10.5 Å². The van der Waals surface area contributed by atoms with E-state index in [2.05, 4.69) is 19.8 Å². The molecule has 0 saturated carbocycles. The molecule has 5 rings (SSSR count). The molecule has 0 aliphatic carbocycles. The van der Waals surface area contributed by atoms with Gasteiger partial charge in [-0.1, -0.05) is 24.3 Å². The minimum Gasteiger partial charge on any atom is -0.354 e. The standard InChI is InChI=1S/C22H23N5O2/c28-21-13-18(17-5-1-2-6-19(17)24-21)22(29)27-14-16(15-27)25-9-11-26(12-10-25)20-7-3-4-8-23-20/h1-8,13,16H,9-12,14-15H2,(H,24,28). The van der Waals surface area contributed by atoms with Gasteiger partial charge in [0.15, 0.2) is 0 Å². The summed E-state index contributed by atoms with van der Waals surface area (Å²) in [5.41, 5.74) is 0.948. The minimum atomic E-state index is -0.241. The molecule has 148 valence electrons. The zero-order valence-electron chi connectivity index (χ0n) is 16.1. The van der Waals surface area contributed by atoms with Crippen molar-refractivity contribution >= 4 is 22.6 Å². The van der Waals surface area contributed by atoms with E-state index in [4.69, 9.17) is 0 Å². The van der Waals surface area contributed by atoms with Gasteiger partial charge in [0.05, 0.1) is 5.56 Å². The number of aromatic nitrogens is 2. The van der Waals surface area contributed by atoms with Crippen LogP contribution in [0.3, 0.4) is 0 Å². The monoisotopic (exact) mass is 389 g/mol. The largest absolute Gasteiger partial charge is 0.354 e. The molecule has 1 aromatic carbocycles. The molecule has 2 aliphatic heterocycles. The first-order valence-electron chi connectivity index (χ1n) is 10.0. The third kappa shape index (κ3) is 3.38. The van der Waals surface area contributed by atoms with Crippen molar-refractivity contribution in [3.05, 3.63) is 70.6 Å². The summed E-state index contributed by atoms with van der Waals surface area (Å²) in [7, 11) is 0. The first-order valence-corrected chi connectivity index (χ1v) is 10.0. The third-order valence-electron chi connectivity index (χ3n) is 5.93. The number of anilines is 1. The van der Waals surface area contributed by atoms with E-state index >= 15 is 0 Å². The molecule has 7 heteroatoms. The molecule has 0 unspecified atom stereocenters. The van der Waals surface area contributed by atoms with Gasteiger partial charge in [-0.15, -0.1) is 0 Å². The lowest BCUT2D eigenvalue weighted by Gasteiger charge is -2.48. The highest BCUT2D eigenvalue weighted by Gasteiger charge is 2.37. The number of nitrogens with one attached hydrogen (secondary N) is 1. The molecular formula is C22H23N5O2. The smallest absolute Gasteiger partial charge is 0.254 e. The highest BCUT2D eigenvalue weighted by Crippen LogP contribution is 2.23. The second-order valence-corrected chi connectivity index (χ2v) is 7.67. The maximum Gasteiger partial charge on any atom is 0.254 e. The van der Waals surface area contributed by atoms with Crippen molar-refractivity contribution in [1.29, 1.82) is 0 Å². The van der Waals surface area contributed by atoms with Crippen LogP contribution in [-0.2, 0) is 0 Å². The van der Waals surface area contributed by atoms with Crippen molar-refractivity contribution in [2.45, 2.75) is 6.04 Å². The number of piperazine rings is 1. The fourth-order valence-corrected chi connectivity index (χ4v) is 4.26. The molecule has 1 amide bonds. The Balaban J connectivity index is 1.22. The van der Waals surface area contributed by atoms with Gasteiger partial charge in [0.2, 0.25) is 5.56 Å². The van der Waals surface area contributed by atoms with E-state index in [-0.39, 0.29) is 11.5 Å². The number of carbonyl (C=O) groups is 1. The second kappa shape index (κ2) is 7.33. The van der Waals surface area contributed by atoms with Gasteiger partial charge >= 0.3 is 0 Å². The number of H-pyrrole nitrogens is 1. The molecule has 0 bridgehead atoms. The normalized spacial score (nSPS) is 18.1. The number of benzene rings is 1. The molecule has 1 N–H and O–H groups in total. The van der Waals surface area contributed by atoms with E-state index in [1.807, 2.05) is 53.6 Å². The first-order chi connectivity index (χ1) is 14.2. The Morgan fingerprint density at radius 3 is 2.52 bits per heavy atom. The highest BCUT2D eigenvalue weighted by atomic mass is 16.2. The van der Waals surface area contributed by atoms with Gasteiger partial charge in [-0.05, 0) is 18.2 Å².